The Kier molecular flexibility index (Phi) is 5.35. The van der Waals surface area contributed by atoms with Crippen LogP contribution < -0.4 is 10.6 Å². The van der Waals surface area contributed by atoms with Gasteiger partial charge in [0, 0.05) is 39.6 Å². The normalized spacial score (nSPS) is 12.2. The summed E-state index contributed by atoms with van der Waals surface area (Å²) < 4.78 is 1.87. The van der Waals surface area contributed by atoms with Crippen molar-refractivity contribution in [2.45, 2.75) is 13.1 Å². The fraction of sp³-hybridized carbons (Fsp3) is 0.0833. The molecule has 0 radical (unpaired) electrons. The number of imidazole rings is 1. The zero-order chi connectivity index (χ0) is 21.9. The Morgan fingerprint density at radius 1 is 1.03 bits per heavy atom. The third-order valence-corrected chi connectivity index (χ3v) is 6.08. The van der Waals surface area contributed by atoms with Crippen molar-refractivity contribution >= 4 is 29.0 Å². The first-order valence-electron chi connectivity index (χ1n) is 10.1. The van der Waals surface area contributed by atoms with E-state index in [-0.39, 0.29) is 11.8 Å². The van der Waals surface area contributed by atoms with Crippen LogP contribution in [-0.4, -0.2) is 27.2 Å². The summed E-state index contributed by atoms with van der Waals surface area (Å²) in [6, 6.07) is 16.6. The summed E-state index contributed by atoms with van der Waals surface area (Å²) in [6.45, 7) is 0.960. The molecule has 1 aliphatic heterocycles. The van der Waals surface area contributed by atoms with Gasteiger partial charge in [0.05, 0.1) is 19.4 Å². The SMILES string of the molecule is O=C(NCc1cccs1)c1ccc2c(c1)C(NC(=O)c1ccc(-n3ccnc3)cc1)=NC2. The van der Waals surface area contributed by atoms with Gasteiger partial charge >= 0.3 is 0 Å². The number of carbonyl (C=O) groups is 2. The van der Waals surface area contributed by atoms with Gasteiger partial charge < -0.3 is 15.2 Å². The van der Waals surface area contributed by atoms with Gasteiger partial charge in [0.2, 0.25) is 0 Å². The molecule has 2 aromatic heterocycles. The highest BCUT2D eigenvalue weighted by atomic mass is 32.1. The Hall–Kier alpha value is -4.04. The van der Waals surface area contributed by atoms with E-state index in [1.165, 1.54) is 0 Å². The average Bonchev–Trinajstić information content (AvgIpc) is 3.60. The van der Waals surface area contributed by atoms with E-state index in [9.17, 15) is 9.59 Å². The Balaban J connectivity index is 1.28. The first-order valence-corrected chi connectivity index (χ1v) is 10.9. The van der Waals surface area contributed by atoms with Crippen LogP contribution in [0.2, 0.25) is 0 Å². The lowest BCUT2D eigenvalue weighted by atomic mass is 10.0. The van der Waals surface area contributed by atoms with Gasteiger partial charge in [0.25, 0.3) is 11.8 Å². The van der Waals surface area contributed by atoms with Crippen LogP contribution in [-0.2, 0) is 13.1 Å². The third-order valence-electron chi connectivity index (χ3n) is 5.20. The molecule has 7 nitrogen and oxygen atoms in total. The number of benzene rings is 2. The maximum absolute atomic E-state index is 12.8. The van der Waals surface area contributed by atoms with E-state index in [0.717, 1.165) is 21.7 Å². The highest BCUT2D eigenvalue weighted by molar-refractivity contribution is 7.09. The van der Waals surface area contributed by atoms with Gasteiger partial charge in [0.1, 0.15) is 5.84 Å². The van der Waals surface area contributed by atoms with Crippen LogP contribution in [0.3, 0.4) is 0 Å². The van der Waals surface area contributed by atoms with Gasteiger partial charge in [-0.25, -0.2) is 4.98 Å². The number of carbonyl (C=O) groups excluding carboxylic acids is 2. The lowest BCUT2D eigenvalue weighted by molar-refractivity contribution is 0.0949. The van der Waals surface area contributed by atoms with Gasteiger partial charge in [0.15, 0.2) is 0 Å². The zero-order valence-electron chi connectivity index (χ0n) is 17.0. The number of fused-ring (bicyclic) bond motifs is 1. The molecule has 0 atom stereocenters. The summed E-state index contributed by atoms with van der Waals surface area (Å²) in [5.74, 6) is 0.0757. The molecule has 5 rings (SSSR count). The van der Waals surface area contributed by atoms with E-state index >= 15 is 0 Å². The molecule has 2 N–H and O–H groups in total. The molecule has 2 amide bonds. The molecule has 32 heavy (non-hydrogen) atoms. The molecule has 0 bridgehead atoms. The van der Waals surface area contributed by atoms with Gasteiger partial charge in [-0.1, -0.05) is 12.1 Å². The first-order chi connectivity index (χ1) is 15.7. The molecule has 2 aromatic carbocycles. The van der Waals surface area contributed by atoms with E-state index in [0.29, 0.717) is 30.1 Å². The number of amides is 2. The first kappa shape index (κ1) is 19.9. The molecule has 1 aliphatic rings. The maximum Gasteiger partial charge on any atom is 0.256 e. The number of thiophene rings is 1. The highest BCUT2D eigenvalue weighted by Crippen LogP contribution is 2.20. The largest absolute Gasteiger partial charge is 0.347 e. The number of rotatable bonds is 5. The molecular weight excluding hydrogens is 422 g/mol. The van der Waals surface area contributed by atoms with Crippen molar-refractivity contribution in [2.75, 3.05) is 0 Å². The number of hydrogen-bond donors (Lipinski definition) is 2. The Morgan fingerprint density at radius 2 is 1.88 bits per heavy atom. The van der Waals surface area contributed by atoms with Crippen molar-refractivity contribution in [3.05, 3.63) is 106 Å². The van der Waals surface area contributed by atoms with Crippen LogP contribution in [0, 0.1) is 0 Å². The highest BCUT2D eigenvalue weighted by Gasteiger charge is 2.20. The quantitative estimate of drug-likeness (QED) is 0.496. The summed E-state index contributed by atoms with van der Waals surface area (Å²) in [7, 11) is 0. The Bertz CT molecular complexity index is 1290. The number of nitrogens with one attached hydrogen (secondary N) is 2. The number of aromatic nitrogens is 2. The van der Waals surface area contributed by atoms with Crippen molar-refractivity contribution in [2.24, 2.45) is 4.99 Å². The van der Waals surface area contributed by atoms with Crippen molar-refractivity contribution in [3.63, 3.8) is 0 Å². The van der Waals surface area contributed by atoms with Gasteiger partial charge in [-0.2, -0.15) is 0 Å². The molecule has 8 heteroatoms. The predicted molar refractivity (Wildman–Crippen MR) is 123 cm³/mol. The van der Waals surface area contributed by atoms with Crippen LogP contribution in [0.25, 0.3) is 5.69 Å². The van der Waals surface area contributed by atoms with Crippen LogP contribution in [0.5, 0.6) is 0 Å². The third kappa shape index (κ3) is 4.08. The minimum Gasteiger partial charge on any atom is -0.347 e. The molecule has 3 heterocycles. The second-order valence-corrected chi connectivity index (χ2v) is 8.30. The Morgan fingerprint density at radius 3 is 2.62 bits per heavy atom. The van der Waals surface area contributed by atoms with Gasteiger partial charge in [-0.05, 0) is 53.4 Å². The lowest BCUT2D eigenvalue weighted by Gasteiger charge is -2.10. The van der Waals surface area contributed by atoms with E-state index < -0.39 is 0 Å². The molecule has 0 fully saturated rings. The van der Waals surface area contributed by atoms with E-state index in [4.69, 9.17) is 0 Å². The fourth-order valence-corrected chi connectivity index (χ4v) is 4.14. The molecule has 4 aromatic rings. The van der Waals surface area contributed by atoms with Crippen LogP contribution in [0.1, 0.15) is 36.7 Å². The summed E-state index contributed by atoms with van der Waals surface area (Å²) in [5, 5.41) is 7.80. The number of amidine groups is 1. The fourth-order valence-electron chi connectivity index (χ4n) is 3.49. The second-order valence-electron chi connectivity index (χ2n) is 7.27. The minimum absolute atomic E-state index is 0.158. The van der Waals surface area contributed by atoms with Crippen molar-refractivity contribution in [3.8, 4) is 5.69 Å². The number of nitrogens with zero attached hydrogens (tertiary/aromatic N) is 3. The van der Waals surface area contributed by atoms with Crippen LogP contribution in [0.4, 0.5) is 0 Å². The van der Waals surface area contributed by atoms with Gasteiger partial charge in [-0.3, -0.25) is 14.6 Å². The molecule has 0 aliphatic carbocycles. The number of aliphatic imine (C=N–C) groups is 1. The molecule has 158 valence electrons. The van der Waals surface area contributed by atoms with E-state index in [2.05, 4.69) is 20.6 Å². The smallest absolute Gasteiger partial charge is 0.256 e. The molecule has 0 spiro atoms. The van der Waals surface area contributed by atoms with E-state index in [1.807, 2.05) is 46.5 Å². The molecular formula is C24H19N5O2S. The lowest BCUT2D eigenvalue weighted by Crippen LogP contribution is -2.30. The topological polar surface area (TPSA) is 88.4 Å². The standard InChI is InChI=1S/C24H19N5O2S/c30-23(27-14-20-2-1-11-32-20)17-3-4-18-13-26-22(21(18)12-17)28-24(31)16-5-7-19(8-6-16)29-10-9-25-15-29/h1-12,15H,13-14H2,(H,27,30)(H,26,28,31). The monoisotopic (exact) mass is 441 g/mol. The van der Waals surface area contributed by atoms with E-state index in [1.54, 1.807) is 48.1 Å². The summed E-state index contributed by atoms with van der Waals surface area (Å²) >= 11 is 1.60. The second kappa shape index (κ2) is 8.60. The summed E-state index contributed by atoms with van der Waals surface area (Å²) in [5.41, 5.74) is 3.73. The molecule has 0 saturated carbocycles. The van der Waals surface area contributed by atoms with Crippen LogP contribution in [0.15, 0.2) is 83.7 Å². The summed E-state index contributed by atoms with van der Waals surface area (Å²) in [4.78, 5) is 34.9. The van der Waals surface area contributed by atoms with Crippen molar-refractivity contribution < 1.29 is 9.59 Å². The molecule has 0 unspecified atom stereocenters. The minimum atomic E-state index is -0.249. The van der Waals surface area contributed by atoms with Gasteiger partial charge in [-0.15, -0.1) is 11.3 Å². The number of hydrogen-bond acceptors (Lipinski definition) is 5. The predicted octanol–water partition coefficient (Wildman–Crippen LogP) is 3.55. The Labute approximate surface area is 188 Å². The van der Waals surface area contributed by atoms with Crippen LogP contribution >= 0.6 is 11.3 Å². The molecule has 0 saturated heterocycles. The summed E-state index contributed by atoms with van der Waals surface area (Å²) in [6.07, 6.45) is 5.24. The maximum atomic E-state index is 12.8. The van der Waals surface area contributed by atoms with Crippen molar-refractivity contribution in [1.82, 2.24) is 20.2 Å². The average molecular weight is 442 g/mol. The van der Waals surface area contributed by atoms with Crippen molar-refractivity contribution in [1.29, 1.82) is 0 Å². The zero-order valence-corrected chi connectivity index (χ0v) is 17.8.